The minimum Gasteiger partial charge on any atom is -0.489 e. The minimum absolute atomic E-state index is 0.236. The predicted molar refractivity (Wildman–Crippen MR) is 101 cm³/mol. The predicted octanol–water partition coefficient (Wildman–Crippen LogP) is 2.10. The molecule has 140 valence electrons. The molecular weight excluding hydrogens is 394 g/mol. The van der Waals surface area contributed by atoms with E-state index in [2.05, 4.69) is 9.71 Å². The van der Waals surface area contributed by atoms with Crippen molar-refractivity contribution < 1.29 is 13.2 Å². The number of hydrogen-bond donors (Lipinski definition) is 3. The third kappa shape index (κ3) is 4.78. The summed E-state index contributed by atoms with van der Waals surface area (Å²) >= 11 is 5.82. The van der Waals surface area contributed by atoms with Crippen LogP contribution in [0.15, 0.2) is 69.2 Å². The zero-order valence-corrected chi connectivity index (χ0v) is 15.3. The summed E-state index contributed by atoms with van der Waals surface area (Å²) in [6.45, 7) is 0.328. The van der Waals surface area contributed by atoms with Crippen LogP contribution in [0.4, 0.5) is 5.69 Å². The van der Waals surface area contributed by atoms with Crippen LogP contribution in [-0.2, 0) is 16.6 Å². The highest BCUT2D eigenvalue weighted by Crippen LogP contribution is 2.19. The summed E-state index contributed by atoms with van der Waals surface area (Å²) in [4.78, 5) is 26.0. The molecule has 10 heteroatoms. The van der Waals surface area contributed by atoms with Gasteiger partial charge in [0, 0.05) is 16.9 Å². The Hall–Kier alpha value is -3.04. The maximum absolute atomic E-state index is 12.3. The highest BCUT2D eigenvalue weighted by atomic mass is 35.5. The maximum atomic E-state index is 12.3. The molecule has 0 saturated carbocycles. The zero-order valence-electron chi connectivity index (χ0n) is 13.7. The average molecular weight is 408 g/mol. The molecule has 3 aromatic rings. The number of sulfonamides is 1. The highest BCUT2D eigenvalue weighted by molar-refractivity contribution is 7.92. The quantitative estimate of drug-likeness (QED) is 0.577. The Bertz CT molecular complexity index is 1150. The van der Waals surface area contributed by atoms with Crippen LogP contribution in [0.1, 0.15) is 5.56 Å². The molecule has 0 atom stereocenters. The largest absolute Gasteiger partial charge is 0.489 e. The summed E-state index contributed by atoms with van der Waals surface area (Å²) in [5.41, 5.74) is -0.628. The van der Waals surface area contributed by atoms with E-state index in [0.717, 1.165) is 11.8 Å². The lowest BCUT2D eigenvalue weighted by molar-refractivity contribution is 0.306. The van der Waals surface area contributed by atoms with Crippen LogP contribution in [0, 0.1) is 0 Å². The Morgan fingerprint density at radius 3 is 2.30 bits per heavy atom. The lowest BCUT2D eigenvalue weighted by atomic mass is 10.2. The second-order valence-electron chi connectivity index (χ2n) is 5.48. The number of nitrogens with one attached hydrogen (secondary N) is 3. The number of H-pyrrole nitrogens is 2. The second kappa shape index (κ2) is 7.68. The van der Waals surface area contributed by atoms with Crippen LogP contribution in [0.3, 0.4) is 0 Å². The first kappa shape index (κ1) is 18.7. The van der Waals surface area contributed by atoms with Crippen LogP contribution < -0.4 is 20.7 Å². The van der Waals surface area contributed by atoms with Crippen molar-refractivity contribution in [2.75, 3.05) is 4.72 Å². The molecule has 0 radical (unpaired) electrons. The van der Waals surface area contributed by atoms with Gasteiger partial charge in [-0.2, -0.15) is 0 Å². The van der Waals surface area contributed by atoms with E-state index in [1.54, 1.807) is 24.3 Å². The molecule has 0 aliphatic rings. The third-order valence-corrected chi connectivity index (χ3v) is 5.14. The fourth-order valence-electron chi connectivity index (χ4n) is 2.17. The van der Waals surface area contributed by atoms with Gasteiger partial charge in [-0.05, 0) is 42.0 Å². The molecule has 0 fully saturated rings. The van der Waals surface area contributed by atoms with E-state index in [-0.39, 0.29) is 5.69 Å². The Kier molecular flexibility index (Phi) is 5.33. The Morgan fingerprint density at radius 1 is 1.00 bits per heavy atom. The molecule has 0 bridgehead atoms. The number of ether oxygens (including phenoxy) is 1. The smallest absolute Gasteiger partial charge is 0.325 e. The highest BCUT2D eigenvalue weighted by Gasteiger charge is 2.18. The topological polar surface area (TPSA) is 121 Å². The van der Waals surface area contributed by atoms with Crippen molar-refractivity contribution in [3.63, 3.8) is 0 Å². The van der Waals surface area contributed by atoms with Crippen molar-refractivity contribution in [1.82, 2.24) is 9.97 Å². The molecule has 0 unspecified atom stereocenters. The van der Waals surface area contributed by atoms with Gasteiger partial charge in [0.2, 0.25) is 0 Å². The van der Waals surface area contributed by atoms with E-state index in [4.69, 9.17) is 16.3 Å². The maximum Gasteiger partial charge on any atom is 0.325 e. The number of aromatic amines is 2. The Balaban J connectivity index is 1.68. The Labute approximate surface area is 158 Å². The summed E-state index contributed by atoms with van der Waals surface area (Å²) in [7, 11) is -4.15. The Morgan fingerprint density at radius 2 is 1.67 bits per heavy atom. The first-order valence-electron chi connectivity index (χ1n) is 7.66. The van der Waals surface area contributed by atoms with E-state index < -0.39 is 26.2 Å². The molecule has 0 saturated heterocycles. The summed E-state index contributed by atoms with van der Waals surface area (Å²) in [5, 5.41) is 0.636. The van der Waals surface area contributed by atoms with Gasteiger partial charge in [-0.3, -0.25) is 14.5 Å². The number of anilines is 1. The molecule has 1 heterocycles. The monoisotopic (exact) mass is 407 g/mol. The molecule has 0 spiro atoms. The molecule has 3 rings (SSSR count). The van der Waals surface area contributed by atoms with Gasteiger partial charge < -0.3 is 9.72 Å². The summed E-state index contributed by atoms with van der Waals surface area (Å²) in [5.74, 6) is 0.537. The van der Waals surface area contributed by atoms with Crippen LogP contribution in [0.2, 0.25) is 5.02 Å². The van der Waals surface area contributed by atoms with Crippen LogP contribution >= 0.6 is 11.6 Å². The number of halogens is 1. The lowest BCUT2D eigenvalue weighted by Crippen LogP contribution is -2.29. The molecule has 2 aromatic carbocycles. The molecule has 0 aliphatic carbocycles. The normalized spacial score (nSPS) is 11.1. The van der Waals surface area contributed by atoms with Crippen molar-refractivity contribution in [1.29, 1.82) is 0 Å². The molecule has 1 aromatic heterocycles. The van der Waals surface area contributed by atoms with Gasteiger partial charge in [-0.15, -0.1) is 0 Å². The molecule has 0 amide bonds. The van der Waals surface area contributed by atoms with Crippen LogP contribution in [0.5, 0.6) is 5.75 Å². The van der Waals surface area contributed by atoms with Crippen molar-refractivity contribution in [2.45, 2.75) is 11.5 Å². The SMILES string of the molecule is O=c1[nH]cc(S(=O)(=O)Nc2ccc(OCc3ccc(Cl)cc3)cc2)c(=O)[nH]1. The van der Waals surface area contributed by atoms with Gasteiger partial charge in [-0.25, -0.2) is 13.2 Å². The van der Waals surface area contributed by atoms with E-state index in [1.807, 2.05) is 17.1 Å². The number of hydrogen-bond acceptors (Lipinski definition) is 5. The van der Waals surface area contributed by atoms with Gasteiger partial charge >= 0.3 is 5.69 Å². The van der Waals surface area contributed by atoms with Crippen molar-refractivity contribution in [2.24, 2.45) is 0 Å². The number of rotatable bonds is 6. The van der Waals surface area contributed by atoms with Crippen molar-refractivity contribution in [3.05, 3.63) is 86.2 Å². The van der Waals surface area contributed by atoms with E-state index in [9.17, 15) is 18.0 Å². The fourth-order valence-corrected chi connectivity index (χ4v) is 3.37. The van der Waals surface area contributed by atoms with Gasteiger partial charge in [-0.1, -0.05) is 23.7 Å². The second-order valence-corrected chi connectivity index (χ2v) is 7.57. The number of benzene rings is 2. The first-order chi connectivity index (χ1) is 12.8. The van der Waals surface area contributed by atoms with Gasteiger partial charge in [0.05, 0.1) is 0 Å². The average Bonchev–Trinajstić information content (AvgIpc) is 2.62. The summed E-state index contributed by atoms with van der Waals surface area (Å²) in [6, 6.07) is 13.4. The van der Waals surface area contributed by atoms with E-state index >= 15 is 0 Å². The van der Waals surface area contributed by atoms with Gasteiger partial charge in [0.25, 0.3) is 15.6 Å². The standard InChI is InChI=1S/C17H14ClN3O5S/c18-12-3-1-11(2-4-12)10-26-14-7-5-13(6-8-14)21-27(24,25)15-9-19-17(23)20-16(15)22/h1-9,21H,10H2,(H2,19,20,22,23). The lowest BCUT2D eigenvalue weighted by Gasteiger charge is -2.09. The third-order valence-electron chi connectivity index (χ3n) is 3.50. The van der Waals surface area contributed by atoms with E-state index in [1.165, 1.54) is 12.1 Å². The summed E-state index contributed by atoms with van der Waals surface area (Å²) in [6.07, 6.45) is 0.840. The number of aromatic nitrogens is 2. The molecule has 8 nitrogen and oxygen atoms in total. The van der Waals surface area contributed by atoms with Crippen molar-refractivity contribution in [3.8, 4) is 5.75 Å². The molecular formula is C17H14ClN3O5S. The molecule has 0 aliphatic heterocycles. The van der Waals surface area contributed by atoms with E-state index in [0.29, 0.717) is 17.4 Å². The van der Waals surface area contributed by atoms with Crippen LogP contribution in [-0.4, -0.2) is 18.4 Å². The molecule has 27 heavy (non-hydrogen) atoms. The molecule has 3 N–H and O–H groups in total. The van der Waals surface area contributed by atoms with Gasteiger partial charge in [0.1, 0.15) is 12.4 Å². The van der Waals surface area contributed by atoms with Crippen molar-refractivity contribution >= 4 is 27.3 Å². The first-order valence-corrected chi connectivity index (χ1v) is 9.52. The van der Waals surface area contributed by atoms with Gasteiger partial charge in [0.15, 0.2) is 4.90 Å². The summed E-state index contributed by atoms with van der Waals surface area (Å²) < 4.78 is 32.4. The fraction of sp³-hybridized carbons (Fsp3) is 0.0588. The minimum atomic E-state index is -4.15. The van der Waals surface area contributed by atoms with Crippen LogP contribution in [0.25, 0.3) is 0 Å². The zero-order chi connectivity index (χ0) is 19.4.